The van der Waals surface area contributed by atoms with E-state index in [1.54, 1.807) is 0 Å². The first-order chi connectivity index (χ1) is 13.1. The number of hydrazine groups is 1. The van der Waals surface area contributed by atoms with Gasteiger partial charge in [-0.15, -0.1) is 0 Å². The summed E-state index contributed by atoms with van der Waals surface area (Å²) in [5.74, 6) is 0.775. The topological polar surface area (TPSA) is 101 Å². The van der Waals surface area contributed by atoms with Crippen molar-refractivity contribution < 1.29 is 32.7 Å². The number of nitrogens with two attached hydrogens (primary N) is 1. The van der Waals surface area contributed by atoms with Crippen LogP contribution >= 0.6 is 0 Å². The van der Waals surface area contributed by atoms with Crippen molar-refractivity contribution in [2.45, 2.75) is 12.6 Å². The van der Waals surface area contributed by atoms with Crippen LogP contribution in [0.25, 0.3) is 0 Å². The number of amides is 2. The number of carbonyl (C=O) groups excluding carboxylic acids is 2. The summed E-state index contributed by atoms with van der Waals surface area (Å²) in [6, 6.07) is 3.34. The van der Waals surface area contributed by atoms with Crippen LogP contribution in [0.4, 0.5) is 13.2 Å². The third kappa shape index (κ3) is 2.81. The quantitative estimate of drug-likeness (QED) is 0.269. The Morgan fingerprint density at radius 3 is 2.04 bits per heavy atom. The van der Waals surface area contributed by atoms with Crippen LogP contribution in [-0.2, 0) is 15.8 Å². The number of hydrogen-bond donors (Lipinski definition) is 2. The average Bonchev–Trinajstić information content (AvgIpc) is 3.47. The molecule has 6 atom stereocenters. The molecule has 2 bridgehead atoms. The maximum absolute atomic E-state index is 12.9. The maximum Gasteiger partial charge on any atom is 0.416 e. The van der Waals surface area contributed by atoms with Crippen molar-refractivity contribution in [2.24, 2.45) is 41.4 Å². The molecule has 2 saturated carbocycles. The van der Waals surface area contributed by atoms with Gasteiger partial charge in [0.1, 0.15) is 0 Å². The molecule has 0 aromatic heterocycles. The van der Waals surface area contributed by atoms with Crippen molar-refractivity contribution in [3.8, 4) is 0 Å². The Labute approximate surface area is 157 Å². The summed E-state index contributed by atoms with van der Waals surface area (Å²) < 4.78 is 38.0. The van der Waals surface area contributed by atoms with Crippen LogP contribution in [0.1, 0.15) is 22.3 Å². The Kier molecular flexibility index (Phi) is 4.11. The van der Waals surface area contributed by atoms with Gasteiger partial charge < -0.3 is 5.11 Å². The molecule has 28 heavy (non-hydrogen) atoms. The van der Waals surface area contributed by atoms with Crippen molar-refractivity contribution >= 4 is 17.8 Å². The van der Waals surface area contributed by atoms with Gasteiger partial charge in [0.25, 0.3) is 5.91 Å². The highest BCUT2D eigenvalue weighted by molar-refractivity contribution is 6.05. The minimum absolute atomic E-state index is 0.184. The molecule has 0 spiro atoms. The van der Waals surface area contributed by atoms with E-state index in [1.807, 2.05) is 12.2 Å². The van der Waals surface area contributed by atoms with Crippen LogP contribution in [0.3, 0.4) is 0 Å². The zero-order chi connectivity index (χ0) is 20.4. The first-order valence-corrected chi connectivity index (χ1v) is 8.82. The fraction of sp³-hybridized carbons (Fsp3) is 0.421. The Balaban J connectivity index is 1.56. The normalized spacial score (nSPS) is 32.6. The average molecular weight is 394 g/mol. The second-order valence-electron chi connectivity index (χ2n) is 7.58. The lowest BCUT2D eigenvalue weighted by Gasteiger charge is -2.42. The molecular formula is C19H17F3N2O4. The van der Waals surface area contributed by atoms with E-state index in [2.05, 4.69) is 0 Å². The number of aliphatic carboxylic acids is 1. The van der Waals surface area contributed by atoms with Crippen LogP contribution in [-0.4, -0.2) is 27.9 Å². The number of imide groups is 1. The van der Waals surface area contributed by atoms with E-state index in [0.717, 1.165) is 30.7 Å². The predicted molar refractivity (Wildman–Crippen MR) is 89.1 cm³/mol. The van der Waals surface area contributed by atoms with Crippen LogP contribution in [0.5, 0.6) is 0 Å². The third-order valence-electron chi connectivity index (χ3n) is 6.14. The van der Waals surface area contributed by atoms with E-state index in [4.69, 9.17) is 5.84 Å². The highest BCUT2D eigenvalue weighted by atomic mass is 19.4. The van der Waals surface area contributed by atoms with E-state index < -0.39 is 41.4 Å². The lowest BCUT2D eigenvalue weighted by molar-refractivity contribution is -0.156. The first-order valence-electron chi connectivity index (χ1n) is 8.82. The molecule has 4 aliphatic carbocycles. The Morgan fingerprint density at radius 1 is 1.00 bits per heavy atom. The van der Waals surface area contributed by atoms with Crippen LogP contribution in [0.2, 0.25) is 0 Å². The second kappa shape index (κ2) is 6.16. The number of hydrogen-bond acceptors (Lipinski definition) is 4. The van der Waals surface area contributed by atoms with Crippen molar-refractivity contribution in [3.63, 3.8) is 0 Å². The molecule has 2 amide bonds. The SMILES string of the molecule is NN(C(=O)c1ccc(C(F)(F)F)cc1)C(=O)C1C2C=CC(C3CC23)C1C(=O)O. The number of alkyl halides is 3. The molecule has 9 heteroatoms. The molecule has 0 radical (unpaired) electrons. The fourth-order valence-corrected chi connectivity index (χ4v) is 4.75. The van der Waals surface area contributed by atoms with Crippen LogP contribution in [0.15, 0.2) is 36.4 Å². The molecular weight excluding hydrogens is 377 g/mol. The van der Waals surface area contributed by atoms with Crippen molar-refractivity contribution in [2.75, 3.05) is 0 Å². The maximum atomic E-state index is 12.9. The summed E-state index contributed by atoms with van der Waals surface area (Å²) >= 11 is 0. The van der Waals surface area contributed by atoms with E-state index >= 15 is 0 Å². The smallest absolute Gasteiger partial charge is 0.416 e. The molecule has 3 N–H and O–H groups in total. The fourth-order valence-electron chi connectivity index (χ4n) is 4.75. The largest absolute Gasteiger partial charge is 0.481 e. The molecule has 2 fully saturated rings. The number of benzene rings is 1. The summed E-state index contributed by atoms with van der Waals surface area (Å²) in [6.07, 6.45) is -0.0481. The van der Waals surface area contributed by atoms with Gasteiger partial charge in [0.15, 0.2) is 0 Å². The first kappa shape index (κ1) is 18.7. The minimum atomic E-state index is -4.55. The number of carboxylic acid groups (broad SMARTS) is 1. The number of halogens is 3. The van der Waals surface area contributed by atoms with Gasteiger partial charge in [0.2, 0.25) is 5.91 Å². The Bertz CT molecular complexity index is 880. The lowest BCUT2D eigenvalue weighted by atomic mass is 9.62. The molecule has 4 aliphatic rings. The molecule has 1 aromatic carbocycles. The number of allylic oxidation sites excluding steroid dienone is 2. The molecule has 148 valence electrons. The van der Waals surface area contributed by atoms with Gasteiger partial charge in [-0.1, -0.05) is 12.2 Å². The highest BCUT2D eigenvalue weighted by Gasteiger charge is 2.63. The van der Waals surface area contributed by atoms with Gasteiger partial charge in [-0.2, -0.15) is 13.2 Å². The van der Waals surface area contributed by atoms with E-state index in [9.17, 15) is 32.7 Å². The van der Waals surface area contributed by atoms with Crippen molar-refractivity contribution in [1.82, 2.24) is 5.01 Å². The monoisotopic (exact) mass is 394 g/mol. The predicted octanol–water partition coefficient (Wildman–Crippen LogP) is 2.32. The summed E-state index contributed by atoms with van der Waals surface area (Å²) in [6.45, 7) is 0. The minimum Gasteiger partial charge on any atom is -0.481 e. The van der Waals surface area contributed by atoms with Crippen LogP contribution < -0.4 is 5.84 Å². The zero-order valence-electron chi connectivity index (χ0n) is 14.5. The Morgan fingerprint density at radius 2 is 1.54 bits per heavy atom. The van der Waals surface area contributed by atoms with Gasteiger partial charge in [0.05, 0.1) is 17.4 Å². The molecule has 1 aromatic rings. The molecule has 6 nitrogen and oxygen atoms in total. The van der Waals surface area contributed by atoms with Gasteiger partial charge in [0, 0.05) is 5.56 Å². The lowest BCUT2D eigenvalue weighted by Crippen LogP contribution is -2.54. The number of fused-ring (bicyclic) bond motifs is 1. The van der Waals surface area contributed by atoms with E-state index in [0.29, 0.717) is 5.01 Å². The van der Waals surface area contributed by atoms with Gasteiger partial charge in [-0.05, 0) is 54.4 Å². The van der Waals surface area contributed by atoms with Gasteiger partial charge in [-0.25, -0.2) is 10.9 Å². The summed E-state index contributed by atoms with van der Waals surface area (Å²) in [5, 5.41) is 9.97. The summed E-state index contributed by atoms with van der Waals surface area (Å²) in [5.41, 5.74) is -1.11. The molecule has 6 unspecified atom stereocenters. The second-order valence-corrected chi connectivity index (χ2v) is 7.58. The van der Waals surface area contributed by atoms with Gasteiger partial charge in [-0.3, -0.25) is 14.4 Å². The number of nitrogens with zero attached hydrogens (tertiary/aromatic N) is 1. The molecule has 0 heterocycles. The van der Waals surface area contributed by atoms with Crippen LogP contribution in [0, 0.1) is 35.5 Å². The van der Waals surface area contributed by atoms with Crippen molar-refractivity contribution in [3.05, 3.63) is 47.5 Å². The van der Waals surface area contributed by atoms with E-state index in [1.165, 1.54) is 0 Å². The summed E-state index contributed by atoms with van der Waals surface area (Å²) in [7, 11) is 0. The van der Waals surface area contributed by atoms with E-state index in [-0.39, 0.29) is 29.2 Å². The number of rotatable bonds is 3. The highest BCUT2D eigenvalue weighted by Crippen LogP contribution is 2.63. The molecule has 0 aliphatic heterocycles. The van der Waals surface area contributed by atoms with Crippen molar-refractivity contribution in [1.29, 1.82) is 0 Å². The molecule has 0 saturated heterocycles. The zero-order valence-corrected chi connectivity index (χ0v) is 14.5. The summed E-state index contributed by atoms with van der Waals surface area (Å²) in [4.78, 5) is 37.2. The van der Waals surface area contributed by atoms with Gasteiger partial charge >= 0.3 is 12.1 Å². The standard InChI is InChI=1S/C19H17F3N2O4/c20-19(21,22)9-3-1-8(2-4-9)16(25)24(23)17(26)14-10-5-6-11(13-7-12(10)13)15(14)18(27)28/h1-6,10-15H,7,23H2,(H,27,28). The molecule has 5 rings (SSSR count). The third-order valence-corrected chi connectivity index (χ3v) is 6.14. The number of carboxylic acids is 1. The Hall–Kier alpha value is -2.68. The number of carbonyl (C=O) groups is 3.